The molecule has 5 nitrogen and oxygen atoms in total. The summed E-state index contributed by atoms with van der Waals surface area (Å²) in [6.45, 7) is 0. The van der Waals surface area contributed by atoms with E-state index in [0.717, 1.165) is 11.3 Å². The standard InChI is InChI=1S/C10H12N2O3/c1-12-8-4-3-6(13)5-7(8)9(11-12)10(14)15-2/h3-5H2,1-2H3. The van der Waals surface area contributed by atoms with Crippen LogP contribution in [0.3, 0.4) is 0 Å². The lowest BCUT2D eigenvalue weighted by molar-refractivity contribution is -0.118. The molecule has 0 aromatic carbocycles. The molecule has 5 heteroatoms. The van der Waals surface area contributed by atoms with Crippen LogP contribution in [0.15, 0.2) is 0 Å². The highest BCUT2D eigenvalue weighted by Gasteiger charge is 2.27. The average Bonchev–Trinajstić information content (AvgIpc) is 2.54. The fourth-order valence-electron chi connectivity index (χ4n) is 1.91. The van der Waals surface area contributed by atoms with Gasteiger partial charge in [0.2, 0.25) is 0 Å². The number of aromatic nitrogens is 2. The lowest BCUT2D eigenvalue weighted by Gasteiger charge is -2.11. The number of aryl methyl sites for hydroxylation is 1. The van der Waals surface area contributed by atoms with Gasteiger partial charge in [-0.1, -0.05) is 0 Å². The molecule has 0 N–H and O–H groups in total. The number of hydrogen-bond donors (Lipinski definition) is 0. The van der Waals surface area contributed by atoms with Crippen LogP contribution in [0.1, 0.15) is 28.2 Å². The second kappa shape index (κ2) is 3.49. The third kappa shape index (κ3) is 1.54. The topological polar surface area (TPSA) is 61.2 Å². The quantitative estimate of drug-likeness (QED) is 0.621. The van der Waals surface area contributed by atoms with E-state index in [1.54, 1.807) is 11.7 Å². The Morgan fingerprint density at radius 2 is 2.20 bits per heavy atom. The fourth-order valence-corrected chi connectivity index (χ4v) is 1.91. The Morgan fingerprint density at radius 1 is 1.47 bits per heavy atom. The molecule has 1 aromatic heterocycles. The van der Waals surface area contributed by atoms with Gasteiger partial charge < -0.3 is 4.74 Å². The van der Waals surface area contributed by atoms with E-state index in [1.165, 1.54) is 7.11 Å². The summed E-state index contributed by atoms with van der Waals surface area (Å²) in [4.78, 5) is 22.7. The van der Waals surface area contributed by atoms with Crippen LogP contribution in [0, 0.1) is 0 Å². The second-order valence-corrected chi connectivity index (χ2v) is 3.60. The van der Waals surface area contributed by atoms with Crippen molar-refractivity contribution in [3.8, 4) is 0 Å². The summed E-state index contributed by atoms with van der Waals surface area (Å²) in [6, 6.07) is 0. The number of carbonyl (C=O) groups is 2. The van der Waals surface area contributed by atoms with E-state index in [1.807, 2.05) is 0 Å². The number of nitrogens with zero attached hydrogens (tertiary/aromatic N) is 2. The van der Waals surface area contributed by atoms with Crippen molar-refractivity contribution in [2.24, 2.45) is 7.05 Å². The summed E-state index contributed by atoms with van der Waals surface area (Å²) >= 11 is 0. The molecule has 1 aromatic rings. The fraction of sp³-hybridized carbons (Fsp3) is 0.500. The zero-order valence-electron chi connectivity index (χ0n) is 8.74. The third-order valence-corrected chi connectivity index (χ3v) is 2.67. The molecule has 0 spiro atoms. The highest BCUT2D eigenvalue weighted by molar-refractivity contribution is 5.93. The Hall–Kier alpha value is -1.65. The number of esters is 1. The number of rotatable bonds is 1. The molecule has 0 saturated carbocycles. The van der Waals surface area contributed by atoms with Gasteiger partial charge in [0.1, 0.15) is 5.78 Å². The van der Waals surface area contributed by atoms with Crippen LogP contribution in [0.4, 0.5) is 0 Å². The molecule has 1 aliphatic rings. The molecule has 0 saturated heterocycles. The Balaban J connectivity index is 2.49. The molecule has 0 radical (unpaired) electrons. The second-order valence-electron chi connectivity index (χ2n) is 3.60. The predicted octanol–water partition coefficient (Wildman–Crippen LogP) is 0.264. The first kappa shape index (κ1) is 9.89. The van der Waals surface area contributed by atoms with Gasteiger partial charge in [0.15, 0.2) is 5.69 Å². The minimum atomic E-state index is -0.471. The Bertz CT molecular complexity index is 434. The van der Waals surface area contributed by atoms with Crippen molar-refractivity contribution < 1.29 is 14.3 Å². The van der Waals surface area contributed by atoms with E-state index < -0.39 is 5.97 Å². The highest BCUT2D eigenvalue weighted by atomic mass is 16.5. The van der Waals surface area contributed by atoms with Crippen molar-refractivity contribution in [2.45, 2.75) is 19.3 Å². The maximum Gasteiger partial charge on any atom is 0.358 e. The molecule has 0 unspecified atom stereocenters. The molecule has 15 heavy (non-hydrogen) atoms. The zero-order chi connectivity index (χ0) is 11.0. The maximum absolute atomic E-state index is 11.4. The third-order valence-electron chi connectivity index (χ3n) is 2.67. The summed E-state index contributed by atoms with van der Waals surface area (Å²) in [5, 5.41) is 4.09. The minimum Gasteiger partial charge on any atom is -0.464 e. The number of ketones is 1. The SMILES string of the molecule is COC(=O)c1nn(C)c2c1CC(=O)CC2. The van der Waals surface area contributed by atoms with Gasteiger partial charge in [0, 0.05) is 31.1 Å². The van der Waals surface area contributed by atoms with E-state index in [-0.39, 0.29) is 11.5 Å². The van der Waals surface area contributed by atoms with Gasteiger partial charge in [-0.2, -0.15) is 5.10 Å². The summed E-state index contributed by atoms with van der Waals surface area (Å²) in [5.74, 6) is -0.317. The van der Waals surface area contributed by atoms with Gasteiger partial charge in [0.25, 0.3) is 0 Å². The zero-order valence-corrected chi connectivity index (χ0v) is 8.74. The van der Waals surface area contributed by atoms with Gasteiger partial charge in [0.05, 0.1) is 7.11 Å². The summed E-state index contributed by atoms with van der Waals surface area (Å²) in [7, 11) is 3.09. The molecule has 0 atom stereocenters. The Labute approximate surface area is 87.0 Å². The molecule has 0 bridgehead atoms. The minimum absolute atomic E-state index is 0.153. The monoisotopic (exact) mass is 208 g/mol. The van der Waals surface area contributed by atoms with Gasteiger partial charge in [-0.15, -0.1) is 0 Å². The van der Waals surface area contributed by atoms with Crippen LogP contribution >= 0.6 is 0 Å². The number of Topliss-reactive ketones (excluding diaryl/α,β-unsaturated/α-hetero) is 1. The van der Waals surface area contributed by atoms with E-state index in [0.29, 0.717) is 19.3 Å². The van der Waals surface area contributed by atoms with Gasteiger partial charge in [-0.05, 0) is 6.42 Å². The average molecular weight is 208 g/mol. The predicted molar refractivity (Wildman–Crippen MR) is 51.6 cm³/mol. The molecular weight excluding hydrogens is 196 g/mol. The van der Waals surface area contributed by atoms with E-state index >= 15 is 0 Å². The van der Waals surface area contributed by atoms with Gasteiger partial charge >= 0.3 is 5.97 Å². The molecule has 80 valence electrons. The number of ether oxygens (including phenoxy) is 1. The smallest absolute Gasteiger partial charge is 0.358 e. The normalized spacial score (nSPS) is 14.9. The highest BCUT2D eigenvalue weighted by Crippen LogP contribution is 2.22. The molecule has 2 rings (SSSR count). The maximum atomic E-state index is 11.4. The van der Waals surface area contributed by atoms with Crippen LogP contribution in [-0.4, -0.2) is 28.6 Å². The summed E-state index contributed by atoms with van der Waals surface area (Å²) in [5.41, 5.74) is 1.98. The van der Waals surface area contributed by atoms with Crippen LogP contribution in [0.2, 0.25) is 0 Å². The molecule has 1 aliphatic carbocycles. The van der Waals surface area contributed by atoms with Crippen LogP contribution in [0.5, 0.6) is 0 Å². The van der Waals surface area contributed by atoms with Crippen molar-refractivity contribution in [1.82, 2.24) is 9.78 Å². The lowest BCUT2D eigenvalue weighted by atomic mass is 9.94. The van der Waals surface area contributed by atoms with E-state index in [4.69, 9.17) is 0 Å². The van der Waals surface area contributed by atoms with Crippen molar-refractivity contribution in [1.29, 1.82) is 0 Å². The number of carbonyl (C=O) groups excluding carboxylic acids is 2. The Morgan fingerprint density at radius 3 is 2.87 bits per heavy atom. The van der Waals surface area contributed by atoms with Crippen molar-refractivity contribution in [3.05, 3.63) is 17.0 Å². The molecular formula is C10H12N2O3. The largest absolute Gasteiger partial charge is 0.464 e. The first-order valence-corrected chi connectivity index (χ1v) is 4.78. The van der Waals surface area contributed by atoms with Crippen LogP contribution in [0.25, 0.3) is 0 Å². The number of methoxy groups -OCH3 is 1. The summed E-state index contributed by atoms with van der Waals surface area (Å²) < 4.78 is 6.29. The first-order valence-electron chi connectivity index (χ1n) is 4.78. The van der Waals surface area contributed by atoms with Gasteiger partial charge in [-0.25, -0.2) is 4.79 Å². The van der Waals surface area contributed by atoms with Crippen molar-refractivity contribution in [2.75, 3.05) is 7.11 Å². The summed E-state index contributed by atoms with van der Waals surface area (Å²) in [6.07, 6.45) is 1.50. The van der Waals surface area contributed by atoms with Gasteiger partial charge in [-0.3, -0.25) is 9.48 Å². The van der Waals surface area contributed by atoms with Crippen LogP contribution < -0.4 is 0 Å². The molecule has 0 fully saturated rings. The number of fused-ring (bicyclic) bond motifs is 1. The lowest BCUT2D eigenvalue weighted by Crippen LogP contribution is -2.16. The number of hydrogen-bond acceptors (Lipinski definition) is 4. The Kier molecular flexibility index (Phi) is 2.30. The van der Waals surface area contributed by atoms with Crippen LogP contribution in [-0.2, 0) is 29.4 Å². The molecule has 0 aliphatic heterocycles. The van der Waals surface area contributed by atoms with Crippen molar-refractivity contribution >= 4 is 11.8 Å². The van der Waals surface area contributed by atoms with E-state index in [2.05, 4.69) is 9.84 Å². The van der Waals surface area contributed by atoms with Crippen molar-refractivity contribution in [3.63, 3.8) is 0 Å². The van der Waals surface area contributed by atoms with E-state index in [9.17, 15) is 9.59 Å². The first-order chi connectivity index (χ1) is 7.13. The molecule has 1 heterocycles. The molecule has 0 amide bonds.